The number of hydrogen-bond donors (Lipinski definition) is 1. The third kappa shape index (κ3) is 2.74. The van der Waals surface area contributed by atoms with Gasteiger partial charge in [-0.2, -0.15) is 0 Å². The predicted octanol–water partition coefficient (Wildman–Crippen LogP) is 2.34. The van der Waals surface area contributed by atoms with E-state index in [4.69, 9.17) is 9.84 Å². The number of carboxylic acids is 1. The molecule has 1 N–H and O–H groups in total. The van der Waals surface area contributed by atoms with Crippen molar-refractivity contribution in [3.63, 3.8) is 0 Å². The fraction of sp³-hybridized carbons (Fsp3) is 0.611. The van der Waals surface area contributed by atoms with E-state index in [0.29, 0.717) is 24.5 Å². The van der Waals surface area contributed by atoms with Crippen LogP contribution in [0.3, 0.4) is 0 Å². The summed E-state index contributed by atoms with van der Waals surface area (Å²) in [7, 11) is 0. The smallest absolute Gasteiger partial charge is 0.307 e. The molecule has 1 saturated heterocycles. The lowest BCUT2D eigenvalue weighted by atomic mass is 9.90. The molecular weight excluding hydrogens is 308 g/mol. The van der Waals surface area contributed by atoms with Crippen molar-refractivity contribution in [1.82, 2.24) is 9.88 Å². The summed E-state index contributed by atoms with van der Waals surface area (Å²) in [5.41, 5.74) is 0.542. The van der Waals surface area contributed by atoms with Gasteiger partial charge in [0.05, 0.1) is 5.92 Å². The van der Waals surface area contributed by atoms with E-state index in [1.54, 1.807) is 18.3 Å². The maximum Gasteiger partial charge on any atom is 0.307 e. The number of likely N-dealkylation sites (tertiary alicyclic amines) is 1. The van der Waals surface area contributed by atoms with Crippen LogP contribution in [-0.4, -0.2) is 46.1 Å². The second-order valence-corrected chi connectivity index (χ2v) is 7.30. The Balaban J connectivity index is 1.38. The summed E-state index contributed by atoms with van der Waals surface area (Å²) in [6, 6.07) is 3.44. The average molecular weight is 330 g/mol. The van der Waals surface area contributed by atoms with Crippen LogP contribution in [0.5, 0.6) is 5.88 Å². The number of hydrogen-bond acceptors (Lipinski definition) is 4. The van der Waals surface area contributed by atoms with Gasteiger partial charge >= 0.3 is 5.97 Å². The monoisotopic (exact) mass is 330 g/mol. The molecule has 2 heterocycles. The summed E-state index contributed by atoms with van der Waals surface area (Å²) < 4.78 is 5.76. The second-order valence-electron chi connectivity index (χ2n) is 7.30. The molecule has 4 rings (SSSR count). The van der Waals surface area contributed by atoms with Crippen LogP contribution in [0, 0.1) is 11.3 Å². The maximum absolute atomic E-state index is 12.7. The van der Waals surface area contributed by atoms with Gasteiger partial charge in [-0.05, 0) is 50.0 Å². The minimum atomic E-state index is -0.693. The number of aromatic nitrogens is 1. The zero-order chi connectivity index (χ0) is 16.7. The molecule has 1 amide bonds. The van der Waals surface area contributed by atoms with Gasteiger partial charge in [-0.3, -0.25) is 9.59 Å². The first-order valence-electron chi connectivity index (χ1n) is 8.72. The van der Waals surface area contributed by atoms with E-state index < -0.39 is 5.97 Å². The molecule has 0 unspecified atom stereocenters. The van der Waals surface area contributed by atoms with Crippen LogP contribution < -0.4 is 4.74 Å². The first-order chi connectivity index (χ1) is 11.6. The fourth-order valence-corrected chi connectivity index (χ4v) is 3.85. The lowest BCUT2D eigenvalue weighted by Gasteiger charge is -2.32. The van der Waals surface area contributed by atoms with Crippen LogP contribution in [0.2, 0.25) is 0 Å². The Morgan fingerprint density at radius 3 is 2.62 bits per heavy atom. The topological polar surface area (TPSA) is 79.7 Å². The molecule has 24 heavy (non-hydrogen) atoms. The molecular formula is C18H22N2O4. The van der Waals surface area contributed by atoms with Crippen molar-refractivity contribution in [2.75, 3.05) is 13.1 Å². The van der Waals surface area contributed by atoms with E-state index in [0.717, 1.165) is 32.1 Å². The summed E-state index contributed by atoms with van der Waals surface area (Å²) >= 11 is 0. The van der Waals surface area contributed by atoms with Crippen molar-refractivity contribution in [3.05, 3.63) is 23.9 Å². The second kappa shape index (κ2) is 5.76. The number of ether oxygens (including phenoxy) is 1. The van der Waals surface area contributed by atoms with Crippen LogP contribution in [0.15, 0.2) is 18.3 Å². The molecule has 3 aliphatic rings. The van der Waals surface area contributed by atoms with E-state index in [9.17, 15) is 9.59 Å². The predicted molar refractivity (Wildman–Crippen MR) is 85.8 cm³/mol. The number of piperidine rings is 1. The number of pyridine rings is 1. The summed E-state index contributed by atoms with van der Waals surface area (Å²) in [5, 5.41) is 9.15. The molecule has 1 spiro atoms. The quantitative estimate of drug-likeness (QED) is 0.916. The van der Waals surface area contributed by atoms with Crippen LogP contribution in [0.4, 0.5) is 0 Å². The highest BCUT2D eigenvalue weighted by Crippen LogP contribution is 2.59. The number of aliphatic carboxylic acids is 1. The van der Waals surface area contributed by atoms with E-state index in [-0.39, 0.29) is 23.3 Å². The number of carboxylic acid groups (broad SMARTS) is 1. The molecule has 2 aliphatic carbocycles. The van der Waals surface area contributed by atoms with Gasteiger partial charge in [0.25, 0.3) is 5.91 Å². The molecule has 0 aromatic carbocycles. The summed E-state index contributed by atoms with van der Waals surface area (Å²) in [6.07, 6.45) is 7.49. The number of carbonyl (C=O) groups excluding carboxylic acids is 1. The van der Waals surface area contributed by atoms with Crippen LogP contribution in [-0.2, 0) is 4.79 Å². The van der Waals surface area contributed by atoms with Gasteiger partial charge < -0.3 is 14.7 Å². The Hall–Kier alpha value is -2.11. The van der Waals surface area contributed by atoms with Crippen molar-refractivity contribution < 1.29 is 19.4 Å². The summed E-state index contributed by atoms with van der Waals surface area (Å²) in [5.74, 6) is -0.398. The third-order valence-electron chi connectivity index (χ3n) is 5.86. The molecule has 0 radical (unpaired) electrons. The van der Waals surface area contributed by atoms with Crippen molar-refractivity contribution in [3.8, 4) is 5.88 Å². The van der Waals surface area contributed by atoms with E-state index in [2.05, 4.69) is 4.98 Å². The standard InChI is InChI=1S/C18H22N2O4/c21-16(12-4-7-19-15(10-12)24-13-2-1-3-13)20-8-5-18(6-9-20)11-14(18)17(22)23/h4,7,10,13-14H,1-3,5-6,8-9,11H2,(H,22,23)/t14-/m0/s1. The van der Waals surface area contributed by atoms with E-state index in [1.807, 2.05) is 4.90 Å². The Morgan fingerprint density at radius 2 is 2.04 bits per heavy atom. The summed E-state index contributed by atoms with van der Waals surface area (Å²) in [6.45, 7) is 1.26. The van der Waals surface area contributed by atoms with E-state index >= 15 is 0 Å². The first-order valence-corrected chi connectivity index (χ1v) is 8.72. The van der Waals surface area contributed by atoms with Gasteiger partial charge in [-0.15, -0.1) is 0 Å². The molecule has 1 aromatic rings. The minimum absolute atomic E-state index is 0.0155. The van der Waals surface area contributed by atoms with Crippen LogP contribution in [0.1, 0.15) is 48.9 Å². The highest BCUT2D eigenvalue weighted by atomic mass is 16.5. The van der Waals surface area contributed by atoms with Crippen molar-refractivity contribution in [2.24, 2.45) is 11.3 Å². The molecule has 1 atom stereocenters. The maximum atomic E-state index is 12.7. The fourth-order valence-electron chi connectivity index (χ4n) is 3.85. The van der Waals surface area contributed by atoms with Crippen molar-refractivity contribution in [1.29, 1.82) is 0 Å². The number of amides is 1. The highest BCUT2D eigenvalue weighted by molar-refractivity contribution is 5.94. The van der Waals surface area contributed by atoms with Gasteiger partial charge in [0.1, 0.15) is 6.10 Å². The molecule has 6 heteroatoms. The highest BCUT2D eigenvalue weighted by Gasteiger charge is 2.59. The molecule has 2 saturated carbocycles. The summed E-state index contributed by atoms with van der Waals surface area (Å²) in [4.78, 5) is 29.8. The molecule has 6 nitrogen and oxygen atoms in total. The molecule has 3 fully saturated rings. The largest absolute Gasteiger partial charge is 0.481 e. The number of carbonyl (C=O) groups is 2. The third-order valence-corrected chi connectivity index (χ3v) is 5.86. The molecule has 128 valence electrons. The Kier molecular flexibility index (Phi) is 3.70. The first kappa shape index (κ1) is 15.4. The van der Waals surface area contributed by atoms with Crippen molar-refractivity contribution >= 4 is 11.9 Å². The van der Waals surface area contributed by atoms with Crippen LogP contribution in [0.25, 0.3) is 0 Å². The zero-order valence-electron chi connectivity index (χ0n) is 13.6. The lowest BCUT2D eigenvalue weighted by molar-refractivity contribution is -0.139. The zero-order valence-corrected chi connectivity index (χ0v) is 13.6. The Labute approximate surface area is 140 Å². The van der Waals surface area contributed by atoms with Gasteiger partial charge in [0.2, 0.25) is 5.88 Å². The number of nitrogens with zero attached hydrogens (tertiary/aromatic N) is 2. The SMILES string of the molecule is O=C(O)[C@@H]1CC12CCN(C(=O)c1ccnc(OC3CCC3)c1)CC2. The van der Waals surface area contributed by atoms with Crippen LogP contribution >= 0.6 is 0 Å². The van der Waals surface area contributed by atoms with Gasteiger partial charge in [0.15, 0.2) is 0 Å². The van der Waals surface area contributed by atoms with Gasteiger partial charge in [0, 0.05) is 30.9 Å². The average Bonchev–Trinajstić information content (AvgIpc) is 3.25. The van der Waals surface area contributed by atoms with Crippen molar-refractivity contribution in [2.45, 2.75) is 44.6 Å². The number of rotatable bonds is 4. The Bertz CT molecular complexity index is 663. The van der Waals surface area contributed by atoms with Gasteiger partial charge in [-0.25, -0.2) is 4.98 Å². The van der Waals surface area contributed by atoms with Gasteiger partial charge in [-0.1, -0.05) is 0 Å². The normalized spacial score (nSPS) is 25.2. The lowest BCUT2D eigenvalue weighted by Crippen LogP contribution is -2.40. The Morgan fingerprint density at radius 1 is 1.29 bits per heavy atom. The van der Waals surface area contributed by atoms with E-state index in [1.165, 1.54) is 6.42 Å². The molecule has 0 bridgehead atoms. The minimum Gasteiger partial charge on any atom is -0.481 e. The molecule has 1 aromatic heterocycles. The molecule has 1 aliphatic heterocycles.